The smallest absolute Gasteiger partial charge is 0.0521 e. The highest BCUT2D eigenvalue weighted by Gasteiger charge is 2.06. The molecule has 0 saturated heterocycles. The summed E-state index contributed by atoms with van der Waals surface area (Å²) in [7, 11) is 0. The first-order chi connectivity index (χ1) is 9.58. The predicted molar refractivity (Wildman–Crippen MR) is 85.0 cm³/mol. The highest BCUT2D eigenvalue weighted by molar-refractivity contribution is 5.03. The van der Waals surface area contributed by atoms with Crippen molar-refractivity contribution in [1.82, 2.24) is 10.3 Å². The molecule has 114 valence electrons. The van der Waals surface area contributed by atoms with Crippen LogP contribution in [0.1, 0.15) is 52.1 Å². The zero-order chi connectivity index (χ0) is 14.7. The van der Waals surface area contributed by atoms with Crippen molar-refractivity contribution in [1.29, 1.82) is 0 Å². The standard InChI is InChI=1S/C17H30N2O/c1-17(2,3)19-13-7-4-5-9-14-20-15-11-16-10-6-8-12-18-16/h6,8,10,12,19H,4-5,7,9,11,13-15H2,1-3H3. The summed E-state index contributed by atoms with van der Waals surface area (Å²) in [5.41, 5.74) is 1.36. The van der Waals surface area contributed by atoms with Gasteiger partial charge in [-0.3, -0.25) is 4.98 Å². The lowest BCUT2D eigenvalue weighted by molar-refractivity contribution is 0.132. The first-order valence-corrected chi connectivity index (χ1v) is 7.80. The van der Waals surface area contributed by atoms with Gasteiger partial charge in [0.2, 0.25) is 0 Å². The van der Waals surface area contributed by atoms with Gasteiger partial charge in [0.25, 0.3) is 0 Å². The van der Waals surface area contributed by atoms with Gasteiger partial charge >= 0.3 is 0 Å². The Morgan fingerprint density at radius 3 is 2.55 bits per heavy atom. The zero-order valence-corrected chi connectivity index (χ0v) is 13.3. The quantitative estimate of drug-likeness (QED) is 0.664. The summed E-state index contributed by atoms with van der Waals surface area (Å²) in [4.78, 5) is 4.28. The van der Waals surface area contributed by atoms with E-state index in [2.05, 4.69) is 31.1 Å². The minimum absolute atomic E-state index is 0.245. The van der Waals surface area contributed by atoms with Crippen molar-refractivity contribution in [3.8, 4) is 0 Å². The average Bonchev–Trinajstić information content (AvgIpc) is 2.41. The van der Waals surface area contributed by atoms with Gasteiger partial charge in [-0.15, -0.1) is 0 Å². The molecule has 0 radical (unpaired) electrons. The molecule has 0 fully saturated rings. The van der Waals surface area contributed by atoms with E-state index >= 15 is 0 Å². The van der Waals surface area contributed by atoms with Gasteiger partial charge in [-0.2, -0.15) is 0 Å². The van der Waals surface area contributed by atoms with Crippen LogP contribution in [0.2, 0.25) is 0 Å². The van der Waals surface area contributed by atoms with Crippen molar-refractivity contribution in [3.63, 3.8) is 0 Å². The summed E-state index contributed by atoms with van der Waals surface area (Å²) < 4.78 is 5.64. The molecule has 0 aliphatic carbocycles. The Labute approximate surface area is 124 Å². The van der Waals surface area contributed by atoms with Crippen LogP contribution < -0.4 is 5.32 Å². The maximum Gasteiger partial charge on any atom is 0.0521 e. The lowest BCUT2D eigenvalue weighted by Crippen LogP contribution is -2.36. The maximum atomic E-state index is 5.64. The largest absolute Gasteiger partial charge is 0.381 e. The zero-order valence-electron chi connectivity index (χ0n) is 13.3. The van der Waals surface area contributed by atoms with Crippen LogP contribution in [0, 0.1) is 0 Å². The normalized spacial score (nSPS) is 11.8. The molecule has 0 unspecified atom stereocenters. The van der Waals surface area contributed by atoms with Crippen LogP contribution in [-0.2, 0) is 11.2 Å². The minimum Gasteiger partial charge on any atom is -0.381 e. The third kappa shape index (κ3) is 9.93. The van der Waals surface area contributed by atoms with Crippen LogP contribution in [0.5, 0.6) is 0 Å². The van der Waals surface area contributed by atoms with E-state index in [1.54, 1.807) is 0 Å². The van der Waals surface area contributed by atoms with Gasteiger partial charge < -0.3 is 10.1 Å². The second-order valence-electron chi connectivity index (χ2n) is 6.27. The minimum atomic E-state index is 0.245. The molecule has 3 heteroatoms. The Hall–Kier alpha value is -0.930. The van der Waals surface area contributed by atoms with Crippen LogP contribution in [0.15, 0.2) is 24.4 Å². The molecule has 0 aliphatic heterocycles. The number of unbranched alkanes of at least 4 members (excludes halogenated alkanes) is 3. The topological polar surface area (TPSA) is 34.1 Å². The summed E-state index contributed by atoms with van der Waals surface area (Å²) in [6.45, 7) is 9.40. The molecule has 0 spiro atoms. The maximum absolute atomic E-state index is 5.64. The molecule has 0 aliphatic rings. The van der Waals surface area contributed by atoms with E-state index in [1.165, 1.54) is 19.3 Å². The molecule has 0 bridgehead atoms. The molecule has 3 nitrogen and oxygen atoms in total. The highest BCUT2D eigenvalue weighted by Crippen LogP contribution is 2.03. The van der Waals surface area contributed by atoms with Crippen molar-refractivity contribution in [3.05, 3.63) is 30.1 Å². The Kier molecular flexibility index (Phi) is 8.47. The van der Waals surface area contributed by atoms with Crippen molar-refractivity contribution in [2.75, 3.05) is 19.8 Å². The summed E-state index contributed by atoms with van der Waals surface area (Å²) in [6, 6.07) is 6.01. The number of nitrogens with one attached hydrogen (secondary N) is 1. The first kappa shape index (κ1) is 17.1. The summed E-state index contributed by atoms with van der Waals surface area (Å²) in [5.74, 6) is 0. The summed E-state index contributed by atoms with van der Waals surface area (Å²) >= 11 is 0. The lowest BCUT2D eigenvalue weighted by Gasteiger charge is -2.20. The Balaban J connectivity index is 1.83. The molecule has 0 atom stereocenters. The number of ether oxygens (including phenoxy) is 1. The number of hydrogen-bond donors (Lipinski definition) is 1. The van der Waals surface area contributed by atoms with E-state index in [-0.39, 0.29) is 5.54 Å². The molecule has 1 rings (SSSR count). The fourth-order valence-electron chi connectivity index (χ4n) is 1.97. The van der Waals surface area contributed by atoms with E-state index < -0.39 is 0 Å². The molecular formula is C17H30N2O. The van der Waals surface area contributed by atoms with Gasteiger partial charge in [-0.1, -0.05) is 18.9 Å². The Morgan fingerprint density at radius 1 is 1.05 bits per heavy atom. The van der Waals surface area contributed by atoms with Crippen LogP contribution in [0.25, 0.3) is 0 Å². The Bertz CT molecular complexity index is 333. The van der Waals surface area contributed by atoms with Gasteiger partial charge in [0.15, 0.2) is 0 Å². The highest BCUT2D eigenvalue weighted by atomic mass is 16.5. The van der Waals surface area contributed by atoms with Gasteiger partial charge in [0.1, 0.15) is 0 Å². The van der Waals surface area contributed by atoms with Crippen LogP contribution in [0.3, 0.4) is 0 Å². The molecule has 20 heavy (non-hydrogen) atoms. The Morgan fingerprint density at radius 2 is 1.85 bits per heavy atom. The fourth-order valence-corrected chi connectivity index (χ4v) is 1.97. The second-order valence-corrected chi connectivity index (χ2v) is 6.27. The number of pyridine rings is 1. The summed E-state index contributed by atoms with van der Waals surface area (Å²) in [6.07, 6.45) is 7.71. The molecular weight excluding hydrogens is 248 g/mol. The molecule has 1 heterocycles. The van der Waals surface area contributed by atoms with E-state index in [4.69, 9.17) is 4.74 Å². The van der Waals surface area contributed by atoms with E-state index in [9.17, 15) is 0 Å². The summed E-state index contributed by atoms with van der Waals surface area (Å²) in [5, 5.41) is 3.51. The van der Waals surface area contributed by atoms with E-state index in [0.29, 0.717) is 0 Å². The van der Waals surface area contributed by atoms with Crippen molar-refractivity contribution >= 4 is 0 Å². The number of hydrogen-bond acceptors (Lipinski definition) is 3. The van der Waals surface area contributed by atoms with Gasteiger partial charge in [-0.25, -0.2) is 0 Å². The number of nitrogens with zero attached hydrogens (tertiary/aromatic N) is 1. The van der Waals surface area contributed by atoms with Crippen molar-refractivity contribution in [2.45, 2.75) is 58.4 Å². The fraction of sp³-hybridized carbons (Fsp3) is 0.706. The van der Waals surface area contributed by atoms with Crippen LogP contribution in [-0.4, -0.2) is 30.3 Å². The van der Waals surface area contributed by atoms with Gasteiger partial charge in [0.05, 0.1) is 6.61 Å². The van der Waals surface area contributed by atoms with Gasteiger partial charge in [0, 0.05) is 30.5 Å². The first-order valence-electron chi connectivity index (χ1n) is 7.80. The number of rotatable bonds is 10. The monoisotopic (exact) mass is 278 g/mol. The predicted octanol–water partition coefficient (Wildman–Crippen LogP) is 3.59. The van der Waals surface area contributed by atoms with E-state index in [0.717, 1.165) is 38.3 Å². The van der Waals surface area contributed by atoms with Crippen molar-refractivity contribution < 1.29 is 4.74 Å². The molecule has 1 N–H and O–H groups in total. The second kappa shape index (κ2) is 9.89. The van der Waals surface area contributed by atoms with Gasteiger partial charge in [-0.05, 0) is 52.3 Å². The third-order valence-electron chi connectivity index (χ3n) is 3.10. The lowest BCUT2D eigenvalue weighted by atomic mass is 10.1. The molecule has 0 aromatic carbocycles. The molecule has 0 saturated carbocycles. The van der Waals surface area contributed by atoms with E-state index in [1.807, 2.05) is 24.4 Å². The van der Waals surface area contributed by atoms with Crippen LogP contribution in [0.4, 0.5) is 0 Å². The molecule has 1 aromatic rings. The van der Waals surface area contributed by atoms with Crippen LogP contribution >= 0.6 is 0 Å². The molecule has 1 aromatic heterocycles. The molecule has 0 amide bonds. The SMILES string of the molecule is CC(C)(C)NCCCCCCOCCc1ccccn1. The number of aromatic nitrogens is 1. The average molecular weight is 278 g/mol. The van der Waals surface area contributed by atoms with Crippen molar-refractivity contribution in [2.24, 2.45) is 0 Å². The third-order valence-corrected chi connectivity index (χ3v) is 3.10.